The van der Waals surface area contributed by atoms with Crippen molar-refractivity contribution in [3.8, 4) is 22.6 Å². The molecule has 7 rings (SSSR count). The van der Waals surface area contributed by atoms with Crippen LogP contribution in [0, 0.1) is 17.0 Å². The van der Waals surface area contributed by atoms with Gasteiger partial charge in [0.05, 0.1) is 46.8 Å². The van der Waals surface area contributed by atoms with Gasteiger partial charge in [-0.05, 0) is 54.0 Å². The first-order valence-electron chi connectivity index (χ1n) is 13.5. The quantitative estimate of drug-likeness (QED) is 0.378. The Hall–Kier alpha value is -3.76. The molecular formula is C30H30F2N6O2. The molecule has 0 amide bonds. The van der Waals surface area contributed by atoms with Crippen LogP contribution in [0.3, 0.4) is 0 Å². The number of nitrogens with zero attached hydrogens (tertiary/aromatic N) is 6. The fourth-order valence-electron chi connectivity index (χ4n) is 6.60. The van der Waals surface area contributed by atoms with Crippen LogP contribution in [0.2, 0.25) is 0 Å². The van der Waals surface area contributed by atoms with Gasteiger partial charge in [0.25, 0.3) is 0 Å². The molecule has 1 aromatic carbocycles. The summed E-state index contributed by atoms with van der Waals surface area (Å²) in [6.07, 6.45) is 6.64. The zero-order valence-electron chi connectivity index (χ0n) is 22.8. The van der Waals surface area contributed by atoms with E-state index in [0.717, 1.165) is 29.8 Å². The first-order chi connectivity index (χ1) is 19.2. The molecule has 0 radical (unpaired) electrons. The third-order valence-corrected chi connectivity index (χ3v) is 8.70. The molecule has 10 heteroatoms. The highest BCUT2D eigenvalue weighted by molar-refractivity contribution is 5.64. The number of hydrogen-bond acceptors (Lipinski definition) is 8. The van der Waals surface area contributed by atoms with Crippen molar-refractivity contribution in [2.24, 2.45) is 5.41 Å². The van der Waals surface area contributed by atoms with Gasteiger partial charge in [0.15, 0.2) is 17.2 Å². The topological polar surface area (TPSA) is 107 Å². The fraction of sp³-hybridized carbons (Fsp3) is 0.400. The van der Waals surface area contributed by atoms with Crippen molar-refractivity contribution in [1.82, 2.24) is 30.1 Å². The van der Waals surface area contributed by atoms with E-state index in [1.807, 2.05) is 19.9 Å². The van der Waals surface area contributed by atoms with Gasteiger partial charge < -0.3 is 9.84 Å². The lowest BCUT2D eigenvalue weighted by atomic mass is 9.66. The SMILES string of the molecule is CC.CC1(C)[C@H]2CCC1(c1ccnc(-c3cnc(C4(O)COC4)nc3)n1)c1nnc(-c3c(F)cccc3F)cc12. The normalized spacial score (nSPS) is 23.1. The van der Waals surface area contributed by atoms with Gasteiger partial charge in [0.2, 0.25) is 0 Å². The average Bonchev–Trinajstić information content (AvgIpc) is 3.34. The fourth-order valence-corrected chi connectivity index (χ4v) is 6.60. The Balaban J connectivity index is 0.00000142. The number of rotatable bonds is 4. The standard InChI is InChI=1S/C28H24F2N6O2.C2H6/c1-26(2)17-6-8-28(26,23-16(17)10-20(35-36-23)22-18(29)4-3-5-19(22)30)21-7-9-31-24(34-21)15-11-32-25(33-12-15)27(37)13-38-14-27;1-2/h3-5,7,9-12,17,37H,6,8,13-14H2,1-2H3;1-2H3/t17-,28?;/m0./s1. The molecule has 206 valence electrons. The zero-order valence-corrected chi connectivity index (χ0v) is 22.8. The predicted molar refractivity (Wildman–Crippen MR) is 143 cm³/mol. The number of ether oxygens (including phenoxy) is 1. The smallest absolute Gasteiger partial charge is 0.170 e. The predicted octanol–water partition coefficient (Wildman–Crippen LogP) is 5.12. The van der Waals surface area contributed by atoms with E-state index < -0.39 is 22.7 Å². The van der Waals surface area contributed by atoms with E-state index in [0.29, 0.717) is 17.2 Å². The van der Waals surface area contributed by atoms with Gasteiger partial charge in [-0.15, -0.1) is 5.10 Å². The van der Waals surface area contributed by atoms with Gasteiger partial charge in [0, 0.05) is 18.6 Å². The van der Waals surface area contributed by atoms with E-state index in [-0.39, 0.29) is 35.8 Å². The van der Waals surface area contributed by atoms with Crippen LogP contribution < -0.4 is 0 Å². The molecule has 8 nitrogen and oxygen atoms in total. The third kappa shape index (κ3) is 3.62. The molecule has 3 aliphatic rings. The van der Waals surface area contributed by atoms with Crippen molar-refractivity contribution >= 4 is 0 Å². The molecule has 2 fully saturated rings. The summed E-state index contributed by atoms with van der Waals surface area (Å²) in [7, 11) is 0. The minimum Gasteiger partial charge on any atom is -0.377 e. The van der Waals surface area contributed by atoms with Crippen LogP contribution >= 0.6 is 0 Å². The van der Waals surface area contributed by atoms with Crippen LogP contribution in [0.5, 0.6) is 0 Å². The first-order valence-corrected chi connectivity index (χ1v) is 13.5. The number of fused-ring (bicyclic) bond motifs is 5. The van der Waals surface area contributed by atoms with Crippen LogP contribution in [0.4, 0.5) is 8.78 Å². The molecule has 2 bridgehead atoms. The molecule has 2 atom stereocenters. The molecule has 40 heavy (non-hydrogen) atoms. The van der Waals surface area contributed by atoms with E-state index in [4.69, 9.17) is 9.72 Å². The van der Waals surface area contributed by atoms with Crippen LogP contribution in [0.25, 0.3) is 22.6 Å². The molecule has 4 heterocycles. The van der Waals surface area contributed by atoms with Gasteiger partial charge in [-0.1, -0.05) is 33.8 Å². The molecule has 4 aromatic rings. The minimum atomic E-state index is -1.15. The maximum absolute atomic E-state index is 14.5. The summed E-state index contributed by atoms with van der Waals surface area (Å²) in [4.78, 5) is 18.1. The van der Waals surface area contributed by atoms with Crippen molar-refractivity contribution in [2.75, 3.05) is 13.2 Å². The van der Waals surface area contributed by atoms with Crippen molar-refractivity contribution in [3.05, 3.63) is 83.3 Å². The van der Waals surface area contributed by atoms with Crippen LogP contribution in [0.15, 0.2) is 48.9 Å². The van der Waals surface area contributed by atoms with E-state index in [2.05, 4.69) is 39.0 Å². The summed E-state index contributed by atoms with van der Waals surface area (Å²) in [5.41, 5.74) is 1.25. The molecule has 3 aromatic heterocycles. The summed E-state index contributed by atoms with van der Waals surface area (Å²) in [6.45, 7) is 8.72. The summed E-state index contributed by atoms with van der Waals surface area (Å²) in [5, 5.41) is 19.3. The minimum absolute atomic E-state index is 0.132. The van der Waals surface area contributed by atoms with Crippen LogP contribution in [0.1, 0.15) is 69.2 Å². The Kier molecular flexibility index (Phi) is 6.23. The highest BCUT2D eigenvalue weighted by atomic mass is 19.1. The van der Waals surface area contributed by atoms with Crippen molar-refractivity contribution in [2.45, 2.75) is 57.5 Å². The van der Waals surface area contributed by atoms with Crippen molar-refractivity contribution < 1.29 is 18.6 Å². The molecule has 1 aliphatic heterocycles. The van der Waals surface area contributed by atoms with Crippen molar-refractivity contribution in [3.63, 3.8) is 0 Å². The highest BCUT2D eigenvalue weighted by Gasteiger charge is 2.65. The van der Waals surface area contributed by atoms with E-state index in [1.54, 1.807) is 24.7 Å². The number of benzene rings is 1. The van der Waals surface area contributed by atoms with Gasteiger partial charge in [-0.25, -0.2) is 28.7 Å². The van der Waals surface area contributed by atoms with Crippen LogP contribution in [-0.4, -0.2) is 48.5 Å². The summed E-state index contributed by atoms with van der Waals surface area (Å²) in [6, 6.07) is 7.48. The summed E-state index contributed by atoms with van der Waals surface area (Å²) < 4.78 is 34.2. The molecule has 0 spiro atoms. The van der Waals surface area contributed by atoms with Gasteiger partial charge >= 0.3 is 0 Å². The molecule has 1 saturated carbocycles. The molecule has 2 aliphatic carbocycles. The Morgan fingerprint density at radius 2 is 1.68 bits per heavy atom. The van der Waals surface area contributed by atoms with Crippen molar-refractivity contribution in [1.29, 1.82) is 0 Å². The monoisotopic (exact) mass is 544 g/mol. The van der Waals surface area contributed by atoms with Gasteiger partial charge in [0.1, 0.15) is 11.6 Å². The van der Waals surface area contributed by atoms with Gasteiger partial charge in [-0.3, -0.25) is 0 Å². The van der Waals surface area contributed by atoms with E-state index in [9.17, 15) is 13.9 Å². The number of hydrogen-bond donors (Lipinski definition) is 1. The Morgan fingerprint density at radius 1 is 0.975 bits per heavy atom. The highest BCUT2D eigenvalue weighted by Crippen LogP contribution is 2.69. The second kappa shape index (κ2) is 9.42. The summed E-state index contributed by atoms with van der Waals surface area (Å²) >= 11 is 0. The maximum atomic E-state index is 14.5. The lowest BCUT2D eigenvalue weighted by Gasteiger charge is -2.37. The number of aromatic nitrogens is 6. The van der Waals surface area contributed by atoms with Crippen LogP contribution in [-0.2, 0) is 15.8 Å². The maximum Gasteiger partial charge on any atom is 0.170 e. The summed E-state index contributed by atoms with van der Waals surface area (Å²) in [5.74, 6) is -0.424. The molecular weight excluding hydrogens is 514 g/mol. The largest absolute Gasteiger partial charge is 0.377 e. The van der Waals surface area contributed by atoms with E-state index in [1.165, 1.54) is 18.2 Å². The Bertz CT molecular complexity index is 1570. The molecule has 1 N–H and O–H groups in total. The lowest BCUT2D eigenvalue weighted by molar-refractivity contribution is -0.189. The lowest BCUT2D eigenvalue weighted by Crippen LogP contribution is -2.47. The third-order valence-electron chi connectivity index (χ3n) is 8.70. The average molecular weight is 545 g/mol. The Labute approximate surface area is 230 Å². The first kappa shape index (κ1) is 26.5. The molecule has 1 unspecified atom stereocenters. The second-order valence-electron chi connectivity index (χ2n) is 10.9. The Morgan fingerprint density at radius 3 is 2.33 bits per heavy atom. The number of aliphatic hydroxyl groups is 1. The van der Waals surface area contributed by atoms with Gasteiger partial charge in [-0.2, -0.15) is 5.10 Å². The zero-order chi connectivity index (χ0) is 28.3. The second-order valence-corrected chi connectivity index (χ2v) is 10.9. The molecule has 1 saturated heterocycles. The number of halogens is 2. The van der Waals surface area contributed by atoms with E-state index >= 15 is 0 Å².